The van der Waals surface area contributed by atoms with Crippen LogP contribution in [0.1, 0.15) is 54.4 Å². The number of rotatable bonds is 2. The van der Waals surface area contributed by atoms with Gasteiger partial charge in [0.2, 0.25) is 0 Å². The van der Waals surface area contributed by atoms with E-state index < -0.39 is 0 Å². The minimum Gasteiger partial charge on any atom is -0.380 e. The molecule has 2 spiro atoms. The molecule has 0 aromatic carbocycles. The first-order valence-corrected chi connectivity index (χ1v) is 8.00. The van der Waals surface area contributed by atoms with Gasteiger partial charge >= 0.3 is 0 Å². The minimum absolute atomic E-state index is 0.0590. The van der Waals surface area contributed by atoms with Gasteiger partial charge in [-0.05, 0) is 32.6 Å². The number of ether oxygens (including phenoxy) is 1. The Balaban J connectivity index is 1.94. The summed E-state index contributed by atoms with van der Waals surface area (Å²) in [5.74, 6) is 0.412. The van der Waals surface area contributed by atoms with Gasteiger partial charge in [0, 0.05) is 29.3 Å². The molecular weight excluding hydrogens is 250 g/mol. The fraction of sp³-hybridized carbons (Fsp3) is 0.941. The Labute approximate surface area is 123 Å². The Morgan fingerprint density at radius 3 is 2.20 bits per heavy atom. The van der Waals surface area contributed by atoms with Gasteiger partial charge in [0.15, 0.2) is 0 Å². The highest BCUT2D eigenvalue weighted by Crippen LogP contribution is 2.84. The summed E-state index contributed by atoms with van der Waals surface area (Å²) in [7, 11) is 0. The second kappa shape index (κ2) is 3.86. The lowest BCUT2D eigenvalue weighted by atomic mass is 9.88. The molecule has 0 bridgehead atoms. The lowest BCUT2D eigenvalue weighted by Crippen LogP contribution is -2.48. The summed E-state index contributed by atoms with van der Waals surface area (Å²) in [5, 5.41) is 0. The van der Waals surface area contributed by atoms with Gasteiger partial charge in [0.05, 0.1) is 19.3 Å². The molecule has 3 heteroatoms. The second-order valence-electron chi connectivity index (χ2n) is 8.62. The van der Waals surface area contributed by atoms with Crippen LogP contribution in [0, 0.1) is 16.2 Å². The number of hydrogen-bond acceptors (Lipinski definition) is 3. The van der Waals surface area contributed by atoms with Gasteiger partial charge in [0.25, 0.3) is 0 Å². The van der Waals surface area contributed by atoms with Crippen LogP contribution in [0.2, 0.25) is 0 Å². The highest BCUT2D eigenvalue weighted by Gasteiger charge is 2.86. The zero-order valence-electron chi connectivity index (χ0n) is 13.9. The molecule has 114 valence electrons. The van der Waals surface area contributed by atoms with Crippen molar-refractivity contribution >= 4 is 5.78 Å². The van der Waals surface area contributed by atoms with Crippen LogP contribution in [0.25, 0.3) is 0 Å². The number of ketones is 1. The van der Waals surface area contributed by atoms with Crippen LogP contribution >= 0.6 is 0 Å². The van der Waals surface area contributed by atoms with Crippen LogP contribution in [-0.2, 0) is 9.53 Å². The van der Waals surface area contributed by atoms with E-state index >= 15 is 0 Å². The van der Waals surface area contributed by atoms with Crippen molar-refractivity contribution in [2.45, 2.75) is 66.0 Å². The predicted octanol–water partition coefficient (Wildman–Crippen LogP) is 2.88. The first kappa shape index (κ1) is 14.5. The third-order valence-electron chi connectivity index (χ3n) is 6.88. The van der Waals surface area contributed by atoms with E-state index in [4.69, 9.17) is 4.74 Å². The van der Waals surface area contributed by atoms with E-state index in [2.05, 4.69) is 39.5 Å². The maximum Gasteiger partial charge on any atom is 0.149 e. The first-order valence-electron chi connectivity index (χ1n) is 8.00. The van der Waals surface area contributed by atoms with Crippen LogP contribution in [0.4, 0.5) is 0 Å². The molecule has 0 aromatic heterocycles. The van der Waals surface area contributed by atoms with E-state index in [0.29, 0.717) is 28.4 Å². The maximum atomic E-state index is 12.4. The molecular formula is C17H29NO2. The van der Waals surface area contributed by atoms with Crippen molar-refractivity contribution in [3.63, 3.8) is 0 Å². The standard InChI is InChI=1S/C17H29NO2/c1-7-13(19)12-8-16(9-18(12)14(2,3)4)15(5,6)17(16)10-20-11-17/h12H,7-11H2,1-6H3/t12-,16-/m0/s1. The molecule has 3 rings (SSSR count). The molecule has 0 amide bonds. The molecule has 2 saturated heterocycles. The predicted molar refractivity (Wildman–Crippen MR) is 79.6 cm³/mol. The summed E-state index contributed by atoms with van der Waals surface area (Å²) < 4.78 is 5.56. The summed E-state index contributed by atoms with van der Waals surface area (Å²) in [5.41, 5.74) is 1.00. The average molecular weight is 279 g/mol. The van der Waals surface area contributed by atoms with Gasteiger partial charge in [-0.15, -0.1) is 0 Å². The number of nitrogens with zero attached hydrogens (tertiary/aromatic N) is 1. The Morgan fingerprint density at radius 2 is 1.85 bits per heavy atom. The summed E-state index contributed by atoms with van der Waals surface area (Å²) in [4.78, 5) is 14.9. The summed E-state index contributed by atoms with van der Waals surface area (Å²) in [6, 6.07) is 0.110. The normalized spacial score (nSPS) is 38.2. The number of carbonyl (C=O) groups excluding carboxylic acids is 1. The molecule has 0 unspecified atom stereocenters. The molecule has 1 aliphatic carbocycles. The molecule has 20 heavy (non-hydrogen) atoms. The summed E-state index contributed by atoms with van der Waals surface area (Å²) in [6.07, 6.45) is 1.69. The smallest absolute Gasteiger partial charge is 0.149 e. The molecule has 2 atom stereocenters. The number of likely N-dealkylation sites (tertiary alicyclic amines) is 1. The fourth-order valence-corrected chi connectivity index (χ4v) is 5.14. The number of carbonyl (C=O) groups is 1. The molecule has 2 aliphatic heterocycles. The fourth-order valence-electron chi connectivity index (χ4n) is 5.14. The molecule has 1 saturated carbocycles. The summed E-state index contributed by atoms with van der Waals surface area (Å²) in [6.45, 7) is 16.3. The minimum atomic E-state index is 0.0590. The van der Waals surface area contributed by atoms with Gasteiger partial charge in [-0.25, -0.2) is 0 Å². The van der Waals surface area contributed by atoms with Gasteiger partial charge in [-0.3, -0.25) is 9.69 Å². The molecule has 0 aromatic rings. The van der Waals surface area contributed by atoms with E-state index in [0.717, 1.165) is 26.2 Å². The molecule has 2 heterocycles. The number of fused-ring (bicyclic) bond motifs is 1. The average Bonchev–Trinajstić information content (AvgIpc) is 2.58. The lowest BCUT2D eigenvalue weighted by molar-refractivity contribution is -0.124. The van der Waals surface area contributed by atoms with Gasteiger partial charge in [-0.1, -0.05) is 20.8 Å². The zero-order chi connectivity index (χ0) is 15.0. The highest BCUT2D eigenvalue weighted by atomic mass is 16.5. The van der Waals surface area contributed by atoms with Crippen molar-refractivity contribution < 1.29 is 9.53 Å². The monoisotopic (exact) mass is 279 g/mol. The van der Waals surface area contributed by atoms with Gasteiger partial charge < -0.3 is 4.74 Å². The highest BCUT2D eigenvalue weighted by molar-refractivity contribution is 5.84. The van der Waals surface area contributed by atoms with E-state index in [1.807, 2.05) is 6.92 Å². The van der Waals surface area contributed by atoms with Gasteiger partial charge in [0.1, 0.15) is 5.78 Å². The lowest BCUT2D eigenvalue weighted by Gasteiger charge is -2.36. The van der Waals surface area contributed by atoms with Crippen LogP contribution in [0.5, 0.6) is 0 Å². The van der Waals surface area contributed by atoms with E-state index in [1.54, 1.807) is 0 Å². The Bertz CT molecular complexity index is 444. The number of hydrogen-bond donors (Lipinski definition) is 0. The Morgan fingerprint density at radius 1 is 1.25 bits per heavy atom. The second-order valence-corrected chi connectivity index (χ2v) is 8.62. The molecule has 3 aliphatic rings. The molecule has 3 fully saturated rings. The molecule has 0 radical (unpaired) electrons. The van der Waals surface area contributed by atoms with Crippen LogP contribution < -0.4 is 0 Å². The Kier molecular flexibility index (Phi) is 2.80. The number of Topliss-reactive ketones (excluding diaryl/α,β-unsaturated/α-hetero) is 1. The van der Waals surface area contributed by atoms with Crippen molar-refractivity contribution in [3.8, 4) is 0 Å². The van der Waals surface area contributed by atoms with E-state index in [1.165, 1.54) is 0 Å². The van der Waals surface area contributed by atoms with Crippen LogP contribution in [0.3, 0.4) is 0 Å². The van der Waals surface area contributed by atoms with Crippen LogP contribution in [-0.4, -0.2) is 42.0 Å². The zero-order valence-corrected chi connectivity index (χ0v) is 13.9. The van der Waals surface area contributed by atoms with Crippen molar-refractivity contribution in [1.29, 1.82) is 0 Å². The van der Waals surface area contributed by atoms with E-state index in [-0.39, 0.29) is 11.6 Å². The molecule has 3 nitrogen and oxygen atoms in total. The quantitative estimate of drug-likeness (QED) is 0.778. The van der Waals surface area contributed by atoms with Crippen molar-refractivity contribution in [2.75, 3.05) is 19.8 Å². The Hall–Kier alpha value is -0.410. The van der Waals surface area contributed by atoms with Crippen molar-refractivity contribution in [3.05, 3.63) is 0 Å². The van der Waals surface area contributed by atoms with Crippen LogP contribution in [0.15, 0.2) is 0 Å². The largest absolute Gasteiger partial charge is 0.380 e. The third-order valence-corrected chi connectivity index (χ3v) is 6.88. The van der Waals surface area contributed by atoms with Gasteiger partial charge in [-0.2, -0.15) is 0 Å². The topological polar surface area (TPSA) is 29.5 Å². The maximum absolute atomic E-state index is 12.4. The van der Waals surface area contributed by atoms with Crippen molar-refractivity contribution in [2.24, 2.45) is 16.2 Å². The van der Waals surface area contributed by atoms with Crippen molar-refractivity contribution in [1.82, 2.24) is 4.90 Å². The summed E-state index contributed by atoms with van der Waals surface area (Å²) >= 11 is 0. The SMILES string of the molecule is CCC(=O)[C@@H]1C[C@]2(CN1C(C)(C)C)C(C)(C)C21COC1. The molecule has 0 N–H and O–H groups in total. The first-order chi connectivity index (χ1) is 9.13. The third kappa shape index (κ3) is 1.41. The van der Waals surface area contributed by atoms with E-state index in [9.17, 15) is 4.79 Å².